The zero-order valence-corrected chi connectivity index (χ0v) is 11.4. The van der Waals surface area contributed by atoms with Crippen molar-refractivity contribution in [3.05, 3.63) is 24.3 Å². The molecule has 1 unspecified atom stereocenters. The van der Waals surface area contributed by atoms with Gasteiger partial charge in [0, 0.05) is 12.2 Å². The number of sulfonamides is 1. The molecule has 0 amide bonds. The van der Waals surface area contributed by atoms with Crippen molar-refractivity contribution >= 4 is 15.7 Å². The summed E-state index contributed by atoms with van der Waals surface area (Å²) < 4.78 is 26.1. The lowest BCUT2D eigenvalue weighted by atomic mass is 10.1. The van der Waals surface area contributed by atoms with Gasteiger partial charge < -0.3 is 10.8 Å². The summed E-state index contributed by atoms with van der Waals surface area (Å²) in [7, 11) is -3.57. The van der Waals surface area contributed by atoms with Gasteiger partial charge >= 0.3 is 0 Å². The second-order valence-electron chi connectivity index (χ2n) is 4.70. The van der Waals surface area contributed by atoms with Crippen LogP contribution in [0.2, 0.25) is 0 Å². The molecule has 6 heteroatoms. The van der Waals surface area contributed by atoms with Gasteiger partial charge in [0.2, 0.25) is 10.0 Å². The third kappa shape index (κ3) is 4.64. The maximum Gasteiger partial charge on any atom is 0.240 e. The van der Waals surface area contributed by atoms with Crippen LogP contribution in [0.25, 0.3) is 0 Å². The fraction of sp³-hybridized carbons (Fsp3) is 0.500. The van der Waals surface area contributed by atoms with Crippen LogP contribution in [0, 0.1) is 5.92 Å². The standard InChI is InChI=1S/C12H20N2O3S/c1-9(2)7-11(15)8-14-18(16,17)12-5-3-10(13)4-6-12/h3-6,9,11,14-15H,7-8,13H2,1-2H3. The molecular weight excluding hydrogens is 252 g/mol. The maximum atomic E-state index is 11.9. The van der Waals surface area contributed by atoms with Crippen LogP contribution in [-0.2, 0) is 10.0 Å². The highest BCUT2D eigenvalue weighted by Crippen LogP contribution is 2.11. The van der Waals surface area contributed by atoms with Gasteiger partial charge in [-0.1, -0.05) is 13.8 Å². The lowest BCUT2D eigenvalue weighted by Gasteiger charge is -2.14. The molecule has 1 aromatic carbocycles. The van der Waals surface area contributed by atoms with Crippen molar-refractivity contribution in [2.75, 3.05) is 12.3 Å². The van der Waals surface area contributed by atoms with Crippen molar-refractivity contribution in [3.63, 3.8) is 0 Å². The van der Waals surface area contributed by atoms with E-state index in [0.717, 1.165) is 0 Å². The molecule has 0 spiro atoms. The molecule has 0 aromatic heterocycles. The Hall–Kier alpha value is -1.11. The molecule has 0 bridgehead atoms. The van der Waals surface area contributed by atoms with Crippen molar-refractivity contribution in [3.8, 4) is 0 Å². The lowest BCUT2D eigenvalue weighted by Crippen LogP contribution is -2.32. The Morgan fingerprint density at radius 1 is 1.28 bits per heavy atom. The van der Waals surface area contributed by atoms with Crippen LogP contribution in [0.15, 0.2) is 29.2 Å². The number of anilines is 1. The SMILES string of the molecule is CC(C)CC(O)CNS(=O)(=O)c1ccc(N)cc1. The summed E-state index contributed by atoms with van der Waals surface area (Å²) in [4.78, 5) is 0.147. The molecule has 0 radical (unpaired) electrons. The van der Waals surface area contributed by atoms with E-state index in [1.807, 2.05) is 13.8 Å². The van der Waals surface area contributed by atoms with E-state index >= 15 is 0 Å². The molecule has 0 saturated heterocycles. The minimum Gasteiger partial charge on any atom is -0.399 e. The van der Waals surface area contributed by atoms with Crippen molar-refractivity contribution in [1.82, 2.24) is 4.72 Å². The van der Waals surface area contributed by atoms with E-state index in [0.29, 0.717) is 18.0 Å². The number of rotatable bonds is 6. The Labute approximate surface area is 108 Å². The molecule has 4 N–H and O–H groups in total. The van der Waals surface area contributed by atoms with E-state index in [-0.39, 0.29) is 11.4 Å². The Morgan fingerprint density at radius 2 is 1.83 bits per heavy atom. The third-order valence-corrected chi connectivity index (χ3v) is 3.88. The monoisotopic (exact) mass is 272 g/mol. The summed E-state index contributed by atoms with van der Waals surface area (Å²) in [5.74, 6) is 0.320. The molecule has 1 aromatic rings. The number of nitrogens with two attached hydrogens (primary N) is 1. The van der Waals surface area contributed by atoms with E-state index in [2.05, 4.69) is 4.72 Å². The normalized spacial score (nSPS) is 13.8. The van der Waals surface area contributed by atoms with Gasteiger partial charge in [-0.05, 0) is 36.6 Å². The first-order valence-corrected chi connectivity index (χ1v) is 7.33. The topological polar surface area (TPSA) is 92.4 Å². The summed E-state index contributed by atoms with van der Waals surface area (Å²) >= 11 is 0. The van der Waals surface area contributed by atoms with Gasteiger partial charge in [0.1, 0.15) is 0 Å². The van der Waals surface area contributed by atoms with Crippen LogP contribution in [0.1, 0.15) is 20.3 Å². The van der Waals surface area contributed by atoms with E-state index in [1.54, 1.807) is 0 Å². The average molecular weight is 272 g/mol. The Kier molecular flexibility index (Phi) is 5.13. The van der Waals surface area contributed by atoms with Crippen molar-refractivity contribution in [2.24, 2.45) is 5.92 Å². The predicted octanol–water partition coefficient (Wildman–Crippen LogP) is 0.954. The summed E-state index contributed by atoms with van der Waals surface area (Å²) in [5, 5.41) is 9.63. The quantitative estimate of drug-likeness (QED) is 0.672. The van der Waals surface area contributed by atoms with Crippen LogP contribution in [0.3, 0.4) is 0 Å². The Morgan fingerprint density at radius 3 is 2.33 bits per heavy atom. The maximum absolute atomic E-state index is 11.9. The van der Waals surface area contributed by atoms with Gasteiger partial charge in [-0.2, -0.15) is 0 Å². The minimum absolute atomic E-state index is 0.0187. The number of aliphatic hydroxyl groups is 1. The Bertz CT molecular complexity index is 469. The summed E-state index contributed by atoms with van der Waals surface area (Å²) in [6.07, 6.45) is -0.113. The first-order valence-electron chi connectivity index (χ1n) is 5.84. The van der Waals surface area contributed by atoms with Crippen molar-refractivity contribution in [2.45, 2.75) is 31.3 Å². The smallest absolute Gasteiger partial charge is 0.240 e. The lowest BCUT2D eigenvalue weighted by molar-refractivity contribution is 0.152. The summed E-state index contributed by atoms with van der Waals surface area (Å²) in [6, 6.07) is 5.93. The average Bonchev–Trinajstić information content (AvgIpc) is 2.26. The largest absolute Gasteiger partial charge is 0.399 e. The number of hydrogen-bond acceptors (Lipinski definition) is 4. The molecule has 102 valence electrons. The van der Waals surface area contributed by atoms with E-state index < -0.39 is 16.1 Å². The molecular formula is C12H20N2O3S. The molecule has 0 aliphatic rings. The minimum atomic E-state index is -3.57. The van der Waals surface area contributed by atoms with Gasteiger partial charge in [0.05, 0.1) is 11.0 Å². The predicted molar refractivity (Wildman–Crippen MR) is 71.5 cm³/mol. The number of nitrogen functional groups attached to an aromatic ring is 1. The zero-order valence-electron chi connectivity index (χ0n) is 10.6. The van der Waals surface area contributed by atoms with Gasteiger partial charge in [0.25, 0.3) is 0 Å². The number of nitrogens with one attached hydrogen (secondary N) is 1. The molecule has 0 fully saturated rings. The van der Waals surface area contributed by atoms with Crippen LogP contribution in [0.5, 0.6) is 0 Å². The van der Waals surface area contributed by atoms with Crippen molar-refractivity contribution in [1.29, 1.82) is 0 Å². The van der Waals surface area contributed by atoms with E-state index in [1.165, 1.54) is 24.3 Å². The van der Waals surface area contributed by atoms with Crippen LogP contribution < -0.4 is 10.5 Å². The number of benzene rings is 1. The first-order chi connectivity index (χ1) is 8.31. The molecule has 1 atom stereocenters. The van der Waals surface area contributed by atoms with Gasteiger partial charge in [-0.25, -0.2) is 13.1 Å². The second kappa shape index (κ2) is 6.17. The first kappa shape index (κ1) is 14.9. The number of aliphatic hydroxyl groups excluding tert-OH is 1. The highest BCUT2D eigenvalue weighted by molar-refractivity contribution is 7.89. The third-order valence-electron chi connectivity index (χ3n) is 2.44. The van der Waals surface area contributed by atoms with Crippen LogP contribution in [0.4, 0.5) is 5.69 Å². The molecule has 0 aliphatic carbocycles. The van der Waals surface area contributed by atoms with Gasteiger partial charge in [-0.3, -0.25) is 0 Å². The molecule has 5 nitrogen and oxygen atoms in total. The highest BCUT2D eigenvalue weighted by Gasteiger charge is 2.16. The fourth-order valence-corrected chi connectivity index (χ4v) is 2.64. The Balaban J connectivity index is 2.63. The molecule has 0 aliphatic heterocycles. The van der Waals surface area contributed by atoms with Crippen LogP contribution >= 0.6 is 0 Å². The summed E-state index contributed by atoms with van der Waals surface area (Å²) in [6.45, 7) is 3.96. The highest BCUT2D eigenvalue weighted by atomic mass is 32.2. The molecule has 18 heavy (non-hydrogen) atoms. The molecule has 0 saturated carbocycles. The van der Waals surface area contributed by atoms with Gasteiger partial charge in [-0.15, -0.1) is 0 Å². The molecule has 1 rings (SSSR count). The van der Waals surface area contributed by atoms with Crippen molar-refractivity contribution < 1.29 is 13.5 Å². The number of hydrogen-bond donors (Lipinski definition) is 3. The summed E-state index contributed by atoms with van der Waals surface area (Å²) in [5.41, 5.74) is 6.00. The fourth-order valence-electron chi connectivity index (χ4n) is 1.56. The van der Waals surface area contributed by atoms with E-state index in [9.17, 15) is 13.5 Å². The van der Waals surface area contributed by atoms with E-state index in [4.69, 9.17) is 5.73 Å². The van der Waals surface area contributed by atoms with Gasteiger partial charge in [0.15, 0.2) is 0 Å². The second-order valence-corrected chi connectivity index (χ2v) is 6.47. The molecule has 0 heterocycles. The zero-order chi connectivity index (χ0) is 13.8. The van der Waals surface area contributed by atoms with Crippen LogP contribution in [-0.4, -0.2) is 26.2 Å².